The minimum atomic E-state index is -0.387. The molecule has 0 saturated heterocycles. The molecule has 2 heteroatoms. The quantitative estimate of drug-likeness (QED) is 0.753. The number of hydrogen-bond acceptors (Lipinski definition) is 2. The Bertz CT molecular complexity index is 399. The highest BCUT2D eigenvalue weighted by molar-refractivity contribution is 5.71. The van der Waals surface area contributed by atoms with E-state index in [0.29, 0.717) is 18.3 Å². The lowest BCUT2D eigenvalue weighted by Gasteiger charge is -2.22. The summed E-state index contributed by atoms with van der Waals surface area (Å²) in [5.74, 6) is 0.921. The van der Waals surface area contributed by atoms with Crippen molar-refractivity contribution in [3.63, 3.8) is 0 Å². The molecule has 0 amide bonds. The Labute approximate surface area is 109 Å². The molecule has 98 valence electrons. The largest absolute Gasteiger partial charge is 0.460 e. The Morgan fingerprint density at radius 1 is 1.28 bits per heavy atom. The fourth-order valence-corrected chi connectivity index (χ4v) is 2.32. The Balaban J connectivity index is 2.02. The molecule has 0 aliphatic heterocycles. The average Bonchev–Trinajstić information content (AvgIpc) is 3.08. The lowest BCUT2D eigenvalue weighted by Crippen LogP contribution is -2.25. The van der Waals surface area contributed by atoms with Crippen LogP contribution in [-0.4, -0.2) is 11.6 Å². The maximum Gasteiger partial charge on any atom is 0.306 e. The molecule has 18 heavy (non-hydrogen) atoms. The standard InChI is InChI=1S/C16H22O2/c1-16(2,3)18-15(17)11-14(13-9-10-13)12-7-5-4-6-8-12/h4-8,13-14H,9-11H2,1-3H3. The normalized spacial score (nSPS) is 17.3. The fourth-order valence-electron chi connectivity index (χ4n) is 2.32. The highest BCUT2D eigenvalue weighted by atomic mass is 16.6. The first-order valence-corrected chi connectivity index (χ1v) is 6.72. The summed E-state index contributed by atoms with van der Waals surface area (Å²) in [6.45, 7) is 5.75. The number of rotatable bonds is 4. The predicted octanol–water partition coefficient (Wildman–Crippen LogP) is 3.91. The zero-order valence-electron chi connectivity index (χ0n) is 11.5. The third-order valence-electron chi connectivity index (χ3n) is 3.23. The monoisotopic (exact) mass is 246 g/mol. The molecule has 2 rings (SSSR count). The molecule has 1 aromatic rings. The molecule has 1 unspecified atom stereocenters. The molecule has 0 heterocycles. The highest BCUT2D eigenvalue weighted by Crippen LogP contribution is 2.44. The lowest BCUT2D eigenvalue weighted by molar-refractivity contribution is -0.155. The summed E-state index contributed by atoms with van der Waals surface area (Å²) in [5.41, 5.74) is 0.882. The van der Waals surface area contributed by atoms with E-state index in [0.717, 1.165) is 0 Å². The van der Waals surface area contributed by atoms with E-state index in [1.54, 1.807) is 0 Å². The Morgan fingerprint density at radius 3 is 2.39 bits per heavy atom. The van der Waals surface area contributed by atoms with Crippen molar-refractivity contribution in [2.45, 2.75) is 51.6 Å². The number of hydrogen-bond donors (Lipinski definition) is 0. The van der Waals surface area contributed by atoms with Gasteiger partial charge in [-0.15, -0.1) is 0 Å². The number of esters is 1. The van der Waals surface area contributed by atoms with Gasteiger partial charge in [0.05, 0.1) is 6.42 Å². The van der Waals surface area contributed by atoms with Crippen molar-refractivity contribution in [3.8, 4) is 0 Å². The van der Waals surface area contributed by atoms with E-state index in [4.69, 9.17) is 4.74 Å². The van der Waals surface area contributed by atoms with Gasteiger partial charge in [-0.2, -0.15) is 0 Å². The number of carbonyl (C=O) groups is 1. The number of benzene rings is 1. The molecule has 1 fully saturated rings. The first-order chi connectivity index (χ1) is 8.46. The molecule has 2 nitrogen and oxygen atoms in total. The van der Waals surface area contributed by atoms with Gasteiger partial charge in [0.25, 0.3) is 0 Å². The Morgan fingerprint density at radius 2 is 1.89 bits per heavy atom. The second-order valence-corrected chi connectivity index (χ2v) is 6.15. The van der Waals surface area contributed by atoms with Crippen LogP contribution in [-0.2, 0) is 9.53 Å². The van der Waals surface area contributed by atoms with Crippen LogP contribution in [0.25, 0.3) is 0 Å². The van der Waals surface area contributed by atoms with Crippen molar-refractivity contribution in [2.75, 3.05) is 0 Å². The van der Waals surface area contributed by atoms with Crippen LogP contribution in [0.3, 0.4) is 0 Å². The molecule has 0 radical (unpaired) electrons. The van der Waals surface area contributed by atoms with Crippen LogP contribution in [0.5, 0.6) is 0 Å². The van der Waals surface area contributed by atoms with Crippen molar-refractivity contribution >= 4 is 5.97 Å². The SMILES string of the molecule is CC(C)(C)OC(=O)CC(c1ccccc1)C1CC1. The van der Waals surface area contributed by atoms with E-state index in [2.05, 4.69) is 12.1 Å². The van der Waals surface area contributed by atoms with E-state index in [1.807, 2.05) is 39.0 Å². The maximum absolute atomic E-state index is 12.0. The molecule has 0 bridgehead atoms. The van der Waals surface area contributed by atoms with Crippen LogP contribution >= 0.6 is 0 Å². The minimum Gasteiger partial charge on any atom is -0.460 e. The van der Waals surface area contributed by atoms with Crippen LogP contribution in [0, 0.1) is 5.92 Å². The van der Waals surface area contributed by atoms with E-state index in [9.17, 15) is 4.79 Å². The molecule has 0 spiro atoms. The molecule has 0 N–H and O–H groups in total. The summed E-state index contributed by atoms with van der Waals surface area (Å²) in [7, 11) is 0. The van der Waals surface area contributed by atoms with Gasteiger partial charge in [-0.25, -0.2) is 0 Å². The minimum absolute atomic E-state index is 0.0803. The van der Waals surface area contributed by atoms with E-state index < -0.39 is 0 Å². The maximum atomic E-state index is 12.0. The van der Waals surface area contributed by atoms with E-state index >= 15 is 0 Å². The zero-order chi connectivity index (χ0) is 13.2. The van der Waals surface area contributed by atoms with Crippen molar-refractivity contribution < 1.29 is 9.53 Å². The van der Waals surface area contributed by atoms with Crippen LogP contribution < -0.4 is 0 Å². The van der Waals surface area contributed by atoms with Gasteiger partial charge in [0, 0.05) is 0 Å². The summed E-state index contributed by atoms with van der Waals surface area (Å²) >= 11 is 0. The molecule has 1 aliphatic carbocycles. The summed E-state index contributed by atoms with van der Waals surface area (Å²) in [6, 6.07) is 10.3. The van der Waals surface area contributed by atoms with Crippen molar-refractivity contribution in [1.82, 2.24) is 0 Å². The van der Waals surface area contributed by atoms with Crippen molar-refractivity contribution in [2.24, 2.45) is 5.92 Å². The molecule has 0 aromatic heterocycles. The first-order valence-electron chi connectivity index (χ1n) is 6.72. The van der Waals surface area contributed by atoms with Crippen LogP contribution in [0.15, 0.2) is 30.3 Å². The van der Waals surface area contributed by atoms with Gasteiger partial charge in [-0.3, -0.25) is 4.79 Å². The van der Waals surface area contributed by atoms with Crippen molar-refractivity contribution in [3.05, 3.63) is 35.9 Å². The van der Waals surface area contributed by atoms with Gasteiger partial charge in [0.2, 0.25) is 0 Å². The topological polar surface area (TPSA) is 26.3 Å². The predicted molar refractivity (Wildman–Crippen MR) is 72.4 cm³/mol. The molecular weight excluding hydrogens is 224 g/mol. The van der Waals surface area contributed by atoms with Gasteiger partial charge in [-0.1, -0.05) is 30.3 Å². The van der Waals surface area contributed by atoms with E-state index in [1.165, 1.54) is 18.4 Å². The van der Waals surface area contributed by atoms with Gasteiger partial charge >= 0.3 is 5.97 Å². The Kier molecular flexibility index (Phi) is 3.74. The molecule has 1 atom stereocenters. The average molecular weight is 246 g/mol. The van der Waals surface area contributed by atoms with Gasteiger partial charge in [-0.05, 0) is 51.0 Å². The van der Waals surface area contributed by atoms with Gasteiger partial charge in [0.1, 0.15) is 5.60 Å². The summed E-state index contributed by atoms with van der Waals surface area (Å²) < 4.78 is 5.43. The van der Waals surface area contributed by atoms with E-state index in [-0.39, 0.29) is 11.6 Å². The highest BCUT2D eigenvalue weighted by Gasteiger charge is 2.34. The second-order valence-electron chi connectivity index (χ2n) is 6.15. The third kappa shape index (κ3) is 3.86. The molecule has 1 saturated carbocycles. The smallest absolute Gasteiger partial charge is 0.306 e. The molecule has 1 aliphatic rings. The summed E-state index contributed by atoms with van der Waals surface area (Å²) in [5, 5.41) is 0. The molecule has 1 aromatic carbocycles. The van der Waals surface area contributed by atoms with Gasteiger partial charge < -0.3 is 4.74 Å². The summed E-state index contributed by atoms with van der Waals surface area (Å²) in [6.07, 6.45) is 2.98. The zero-order valence-corrected chi connectivity index (χ0v) is 11.5. The number of carbonyl (C=O) groups excluding carboxylic acids is 1. The van der Waals surface area contributed by atoms with Crippen LogP contribution in [0.2, 0.25) is 0 Å². The lowest BCUT2D eigenvalue weighted by atomic mass is 9.91. The summed E-state index contributed by atoms with van der Waals surface area (Å²) in [4.78, 5) is 12.0. The van der Waals surface area contributed by atoms with Gasteiger partial charge in [0.15, 0.2) is 0 Å². The fraction of sp³-hybridized carbons (Fsp3) is 0.562. The Hall–Kier alpha value is -1.31. The number of ether oxygens (including phenoxy) is 1. The van der Waals surface area contributed by atoms with Crippen molar-refractivity contribution in [1.29, 1.82) is 0 Å². The second kappa shape index (κ2) is 5.13. The first kappa shape index (κ1) is 13.1. The van der Waals surface area contributed by atoms with Crippen LogP contribution in [0.1, 0.15) is 51.5 Å². The van der Waals surface area contributed by atoms with Crippen LogP contribution in [0.4, 0.5) is 0 Å². The third-order valence-corrected chi connectivity index (χ3v) is 3.23. The molecular formula is C16H22O2.